The van der Waals surface area contributed by atoms with E-state index in [9.17, 15) is 4.79 Å². The van der Waals surface area contributed by atoms with E-state index in [2.05, 4.69) is 0 Å². The number of carboxylic acid groups (broad SMARTS) is 1. The van der Waals surface area contributed by atoms with Crippen LogP contribution in [-0.2, 0) is 4.79 Å². The van der Waals surface area contributed by atoms with Crippen molar-refractivity contribution in [2.24, 2.45) is 5.73 Å². The number of aliphatic carboxylic acids is 1. The number of carboxylic acids is 1. The van der Waals surface area contributed by atoms with E-state index in [1.807, 2.05) is 39.0 Å². The van der Waals surface area contributed by atoms with Crippen LogP contribution >= 0.6 is 0 Å². The Bertz CT molecular complexity index is 437. The highest BCUT2D eigenvalue weighted by molar-refractivity contribution is 5.73. The summed E-state index contributed by atoms with van der Waals surface area (Å²) < 4.78 is 11.1. The Labute approximate surface area is 126 Å². The molecular formula is C16H25NO4. The summed E-state index contributed by atoms with van der Waals surface area (Å²) in [4.78, 5) is 10.9. The maximum Gasteiger partial charge on any atom is 0.320 e. The van der Waals surface area contributed by atoms with E-state index in [0.717, 1.165) is 23.5 Å². The molecule has 1 rings (SSSR count). The molecule has 0 saturated carbocycles. The monoisotopic (exact) mass is 295 g/mol. The lowest BCUT2D eigenvalue weighted by Crippen LogP contribution is -2.31. The summed E-state index contributed by atoms with van der Waals surface area (Å²) >= 11 is 0. The first-order valence-corrected chi connectivity index (χ1v) is 7.40. The summed E-state index contributed by atoms with van der Waals surface area (Å²) in [7, 11) is 0. The van der Waals surface area contributed by atoms with Crippen molar-refractivity contribution in [1.82, 2.24) is 0 Å². The topological polar surface area (TPSA) is 81.8 Å². The van der Waals surface area contributed by atoms with Crippen LogP contribution < -0.4 is 15.2 Å². The molecule has 1 aromatic carbocycles. The summed E-state index contributed by atoms with van der Waals surface area (Å²) in [5.41, 5.74) is 6.67. The number of benzene rings is 1. The SMILES string of the molecule is CCOc1cc(OCC)cc(C(CC)CC(N)C(=O)O)c1. The van der Waals surface area contributed by atoms with E-state index in [0.29, 0.717) is 19.6 Å². The number of rotatable bonds is 9. The predicted molar refractivity (Wildman–Crippen MR) is 82.0 cm³/mol. The van der Waals surface area contributed by atoms with Gasteiger partial charge in [0.1, 0.15) is 17.5 Å². The fourth-order valence-corrected chi connectivity index (χ4v) is 2.28. The lowest BCUT2D eigenvalue weighted by Gasteiger charge is -2.20. The van der Waals surface area contributed by atoms with Crippen molar-refractivity contribution >= 4 is 5.97 Å². The van der Waals surface area contributed by atoms with Crippen LogP contribution in [0.5, 0.6) is 11.5 Å². The number of nitrogens with two attached hydrogens (primary N) is 1. The third kappa shape index (κ3) is 5.27. The van der Waals surface area contributed by atoms with E-state index in [-0.39, 0.29) is 5.92 Å². The Balaban J connectivity index is 3.02. The van der Waals surface area contributed by atoms with Crippen LogP contribution in [0.25, 0.3) is 0 Å². The van der Waals surface area contributed by atoms with Crippen LogP contribution in [0.4, 0.5) is 0 Å². The number of hydrogen-bond donors (Lipinski definition) is 2. The molecule has 5 heteroatoms. The summed E-state index contributed by atoms with van der Waals surface area (Å²) in [5, 5.41) is 8.98. The molecule has 0 heterocycles. The third-order valence-electron chi connectivity index (χ3n) is 3.34. The molecule has 118 valence electrons. The van der Waals surface area contributed by atoms with Gasteiger partial charge < -0.3 is 20.3 Å². The molecule has 2 atom stereocenters. The highest BCUT2D eigenvalue weighted by Gasteiger charge is 2.20. The second kappa shape index (κ2) is 8.52. The van der Waals surface area contributed by atoms with Gasteiger partial charge in [0.15, 0.2) is 0 Å². The van der Waals surface area contributed by atoms with Crippen LogP contribution in [0.15, 0.2) is 18.2 Å². The molecule has 0 radical (unpaired) electrons. The fourth-order valence-electron chi connectivity index (χ4n) is 2.28. The standard InChI is InChI=1S/C16H25NO4/c1-4-11(9-15(17)16(18)19)12-7-13(20-5-2)10-14(8-12)21-6-3/h7-8,10-11,15H,4-6,9,17H2,1-3H3,(H,18,19). The Morgan fingerprint density at radius 1 is 1.14 bits per heavy atom. The van der Waals surface area contributed by atoms with Gasteiger partial charge in [-0.2, -0.15) is 0 Å². The van der Waals surface area contributed by atoms with Gasteiger partial charge in [-0.15, -0.1) is 0 Å². The number of hydrogen-bond acceptors (Lipinski definition) is 4. The van der Waals surface area contributed by atoms with E-state index < -0.39 is 12.0 Å². The maximum atomic E-state index is 10.9. The van der Waals surface area contributed by atoms with Crippen LogP contribution in [0.1, 0.15) is 45.1 Å². The minimum Gasteiger partial charge on any atom is -0.494 e. The fraction of sp³-hybridized carbons (Fsp3) is 0.562. The summed E-state index contributed by atoms with van der Waals surface area (Å²) in [5.74, 6) is 0.566. The molecule has 5 nitrogen and oxygen atoms in total. The van der Waals surface area contributed by atoms with Crippen molar-refractivity contribution in [3.05, 3.63) is 23.8 Å². The highest BCUT2D eigenvalue weighted by Crippen LogP contribution is 2.32. The van der Waals surface area contributed by atoms with Gasteiger partial charge in [-0.3, -0.25) is 4.79 Å². The zero-order chi connectivity index (χ0) is 15.8. The van der Waals surface area contributed by atoms with Gasteiger partial charge in [0.2, 0.25) is 0 Å². The van der Waals surface area contributed by atoms with Gasteiger partial charge in [-0.05, 0) is 50.3 Å². The van der Waals surface area contributed by atoms with E-state index in [1.54, 1.807) is 0 Å². The smallest absolute Gasteiger partial charge is 0.320 e. The minimum atomic E-state index is -0.973. The predicted octanol–water partition coefficient (Wildman–Crippen LogP) is 2.78. The molecule has 0 bridgehead atoms. The van der Waals surface area contributed by atoms with E-state index in [1.165, 1.54) is 0 Å². The molecule has 0 aliphatic carbocycles. The second-order valence-electron chi connectivity index (χ2n) is 4.89. The Kier molecular flexibility index (Phi) is 7.02. The number of ether oxygens (including phenoxy) is 2. The van der Waals surface area contributed by atoms with Crippen LogP contribution in [0.2, 0.25) is 0 Å². The lowest BCUT2D eigenvalue weighted by atomic mass is 9.90. The molecule has 0 aliphatic heterocycles. The molecule has 0 amide bonds. The van der Waals surface area contributed by atoms with E-state index in [4.69, 9.17) is 20.3 Å². The number of carbonyl (C=O) groups is 1. The highest BCUT2D eigenvalue weighted by atomic mass is 16.5. The van der Waals surface area contributed by atoms with Crippen LogP contribution in [0, 0.1) is 0 Å². The Morgan fingerprint density at radius 2 is 1.67 bits per heavy atom. The van der Waals surface area contributed by atoms with Gasteiger partial charge in [-0.25, -0.2) is 0 Å². The van der Waals surface area contributed by atoms with Crippen LogP contribution in [-0.4, -0.2) is 30.3 Å². The molecule has 21 heavy (non-hydrogen) atoms. The van der Waals surface area contributed by atoms with Gasteiger partial charge >= 0.3 is 5.97 Å². The molecule has 0 aliphatic rings. The van der Waals surface area contributed by atoms with Crippen molar-refractivity contribution in [2.75, 3.05) is 13.2 Å². The Hall–Kier alpha value is -1.75. The zero-order valence-electron chi connectivity index (χ0n) is 13.0. The second-order valence-corrected chi connectivity index (χ2v) is 4.89. The van der Waals surface area contributed by atoms with Gasteiger partial charge in [-0.1, -0.05) is 6.92 Å². The summed E-state index contributed by atoms with van der Waals surface area (Å²) in [6.45, 7) is 7.00. The Morgan fingerprint density at radius 3 is 2.05 bits per heavy atom. The first-order chi connectivity index (χ1) is 10.0. The summed E-state index contributed by atoms with van der Waals surface area (Å²) in [6, 6.07) is 4.87. The molecule has 0 fully saturated rings. The molecule has 0 saturated heterocycles. The summed E-state index contributed by atoms with van der Waals surface area (Å²) in [6.07, 6.45) is 1.20. The normalized spacial score (nSPS) is 13.5. The van der Waals surface area contributed by atoms with Crippen molar-refractivity contribution in [3.8, 4) is 11.5 Å². The van der Waals surface area contributed by atoms with Gasteiger partial charge in [0, 0.05) is 6.07 Å². The molecule has 0 spiro atoms. The molecule has 2 unspecified atom stereocenters. The van der Waals surface area contributed by atoms with Crippen LogP contribution in [0.3, 0.4) is 0 Å². The first kappa shape index (κ1) is 17.3. The van der Waals surface area contributed by atoms with Crippen molar-refractivity contribution < 1.29 is 19.4 Å². The van der Waals surface area contributed by atoms with Gasteiger partial charge in [0.05, 0.1) is 13.2 Å². The quantitative estimate of drug-likeness (QED) is 0.732. The largest absolute Gasteiger partial charge is 0.494 e. The third-order valence-corrected chi connectivity index (χ3v) is 3.34. The maximum absolute atomic E-state index is 10.9. The molecule has 1 aromatic rings. The average Bonchev–Trinajstić information content (AvgIpc) is 2.44. The molecular weight excluding hydrogens is 270 g/mol. The van der Waals surface area contributed by atoms with Crippen molar-refractivity contribution in [2.45, 2.75) is 45.6 Å². The zero-order valence-corrected chi connectivity index (χ0v) is 13.0. The first-order valence-electron chi connectivity index (χ1n) is 7.40. The minimum absolute atomic E-state index is 0.0655. The molecule has 0 aromatic heterocycles. The lowest BCUT2D eigenvalue weighted by molar-refractivity contribution is -0.138. The molecule has 3 N–H and O–H groups in total. The van der Waals surface area contributed by atoms with Crippen molar-refractivity contribution in [1.29, 1.82) is 0 Å². The van der Waals surface area contributed by atoms with Gasteiger partial charge in [0.25, 0.3) is 0 Å². The van der Waals surface area contributed by atoms with E-state index >= 15 is 0 Å². The van der Waals surface area contributed by atoms with Crippen molar-refractivity contribution in [3.63, 3.8) is 0 Å². The average molecular weight is 295 g/mol.